The normalized spacial score (nSPS) is 15.5. The van der Waals surface area contributed by atoms with Gasteiger partial charge in [0.15, 0.2) is 11.4 Å². The Morgan fingerprint density at radius 3 is 2.19 bits per heavy atom. The van der Waals surface area contributed by atoms with Crippen molar-refractivity contribution in [3.8, 4) is 28.6 Å². The first-order chi connectivity index (χ1) is 17.2. The van der Waals surface area contributed by atoms with Crippen LogP contribution in [0, 0.1) is 17.0 Å². The van der Waals surface area contributed by atoms with E-state index in [2.05, 4.69) is 22.6 Å². The lowest BCUT2D eigenvalue weighted by Crippen LogP contribution is -2.58. The summed E-state index contributed by atoms with van der Waals surface area (Å²) >= 11 is 0. The molecule has 36 heavy (non-hydrogen) atoms. The SMILES string of the molecule is COc1ccc([N+]2(C)CCN(Cc3c(C)nc(-c4ccc([N+](=O)[O-])cc4)n3C)CC2)c(OC)c1OC. The number of rotatable bonds is 8. The molecule has 1 aromatic heterocycles. The molecule has 10 heteroatoms. The highest BCUT2D eigenvalue weighted by Crippen LogP contribution is 2.46. The molecule has 0 bridgehead atoms. The van der Waals surface area contributed by atoms with Gasteiger partial charge in [-0.15, -0.1) is 0 Å². The summed E-state index contributed by atoms with van der Waals surface area (Å²) in [5, 5.41) is 11.0. The Morgan fingerprint density at radius 1 is 1.00 bits per heavy atom. The zero-order valence-corrected chi connectivity index (χ0v) is 21.8. The van der Waals surface area contributed by atoms with E-state index in [1.165, 1.54) is 12.1 Å². The molecule has 3 aromatic rings. The fraction of sp³-hybridized carbons (Fsp3) is 0.423. The quantitative estimate of drug-likeness (QED) is 0.266. The molecule has 10 nitrogen and oxygen atoms in total. The summed E-state index contributed by atoms with van der Waals surface area (Å²) in [5.74, 6) is 2.79. The fourth-order valence-corrected chi connectivity index (χ4v) is 4.95. The van der Waals surface area contributed by atoms with Crippen molar-refractivity contribution in [2.24, 2.45) is 7.05 Å². The maximum absolute atomic E-state index is 11.0. The third-order valence-electron chi connectivity index (χ3n) is 7.21. The van der Waals surface area contributed by atoms with Crippen LogP contribution in [0.5, 0.6) is 17.2 Å². The molecule has 4 rings (SSSR count). The Bertz CT molecular complexity index is 1250. The van der Waals surface area contributed by atoms with Gasteiger partial charge in [0.1, 0.15) is 5.82 Å². The molecule has 0 saturated carbocycles. The van der Waals surface area contributed by atoms with Gasteiger partial charge in [0, 0.05) is 50.4 Å². The lowest BCUT2D eigenvalue weighted by atomic mass is 10.1. The van der Waals surface area contributed by atoms with Crippen LogP contribution < -0.4 is 18.7 Å². The number of aromatic nitrogens is 2. The summed E-state index contributed by atoms with van der Waals surface area (Å²) < 4.78 is 19.6. The van der Waals surface area contributed by atoms with Crippen molar-refractivity contribution < 1.29 is 19.1 Å². The van der Waals surface area contributed by atoms with Crippen molar-refractivity contribution >= 4 is 11.4 Å². The van der Waals surface area contributed by atoms with E-state index in [-0.39, 0.29) is 10.6 Å². The van der Waals surface area contributed by atoms with E-state index in [1.807, 2.05) is 20.0 Å². The average Bonchev–Trinajstić information content (AvgIpc) is 3.17. The van der Waals surface area contributed by atoms with Crippen molar-refractivity contribution in [3.05, 3.63) is 57.9 Å². The summed E-state index contributed by atoms with van der Waals surface area (Å²) in [5.41, 5.74) is 4.12. The monoisotopic (exact) mass is 496 g/mol. The maximum atomic E-state index is 11.0. The number of non-ortho nitro benzene ring substituents is 1. The highest BCUT2D eigenvalue weighted by molar-refractivity contribution is 5.67. The number of nitro groups is 1. The summed E-state index contributed by atoms with van der Waals surface area (Å²) in [6.07, 6.45) is 0. The Labute approximate surface area is 211 Å². The van der Waals surface area contributed by atoms with E-state index >= 15 is 0 Å². The van der Waals surface area contributed by atoms with Gasteiger partial charge < -0.3 is 18.8 Å². The van der Waals surface area contributed by atoms with Crippen molar-refractivity contribution in [1.29, 1.82) is 0 Å². The van der Waals surface area contributed by atoms with E-state index in [4.69, 9.17) is 19.2 Å². The third kappa shape index (κ3) is 4.61. The predicted molar refractivity (Wildman–Crippen MR) is 139 cm³/mol. The summed E-state index contributed by atoms with van der Waals surface area (Å²) in [6, 6.07) is 10.5. The highest BCUT2D eigenvalue weighted by atomic mass is 16.6. The Kier molecular flexibility index (Phi) is 7.18. The third-order valence-corrected chi connectivity index (χ3v) is 7.21. The van der Waals surface area contributed by atoms with Gasteiger partial charge in [0.05, 0.1) is 57.8 Å². The molecule has 0 unspecified atom stereocenters. The summed E-state index contributed by atoms with van der Waals surface area (Å²) in [4.78, 5) is 17.8. The number of methoxy groups -OCH3 is 3. The van der Waals surface area contributed by atoms with Crippen LogP contribution in [0.1, 0.15) is 11.4 Å². The lowest BCUT2D eigenvalue weighted by molar-refractivity contribution is -0.384. The first-order valence-electron chi connectivity index (χ1n) is 11.9. The molecule has 0 amide bonds. The number of hydrogen-bond acceptors (Lipinski definition) is 7. The van der Waals surface area contributed by atoms with Crippen molar-refractivity contribution in [1.82, 2.24) is 18.9 Å². The zero-order valence-electron chi connectivity index (χ0n) is 21.8. The Morgan fingerprint density at radius 2 is 1.64 bits per heavy atom. The van der Waals surface area contributed by atoms with Gasteiger partial charge in [-0.3, -0.25) is 19.5 Å². The number of quaternary nitrogens is 1. The molecule has 1 aliphatic heterocycles. The minimum Gasteiger partial charge on any atom is -0.493 e. The van der Waals surface area contributed by atoms with E-state index in [0.29, 0.717) is 17.2 Å². The number of ether oxygens (including phenoxy) is 3. The van der Waals surface area contributed by atoms with E-state index < -0.39 is 0 Å². The number of aryl methyl sites for hydroxylation is 1. The number of nitrogens with zero attached hydrogens (tertiary/aromatic N) is 5. The van der Waals surface area contributed by atoms with Gasteiger partial charge >= 0.3 is 0 Å². The van der Waals surface area contributed by atoms with Crippen LogP contribution in [-0.4, -0.2) is 73.9 Å². The second-order valence-electron chi connectivity index (χ2n) is 9.30. The molecule has 2 heterocycles. The minimum atomic E-state index is -0.390. The number of hydrogen-bond donors (Lipinski definition) is 0. The molecule has 0 aliphatic carbocycles. The number of imidazole rings is 1. The second kappa shape index (κ2) is 10.2. The van der Waals surface area contributed by atoms with Gasteiger partial charge in [-0.1, -0.05) is 0 Å². The van der Waals surface area contributed by atoms with Crippen LogP contribution in [0.4, 0.5) is 11.4 Å². The Hall–Kier alpha value is -3.63. The highest BCUT2D eigenvalue weighted by Gasteiger charge is 2.36. The van der Waals surface area contributed by atoms with Gasteiger partial charge in [0.25, 0.3) is 5.69 Å². The van der Waals surface area contributed by atoms with Crippen molar-refractivity contribution in [2.75, 3.05) is 54.6 Å². The summed E-state index contributed by atoms with van der Waals surface area (Å²) in [7, 11) is 9.15. The van der Waals surface area contributed by atoms with E-state index in [0.717, 1.165) is 65.7 Å². The fourth-order valence-electron chi connectivity index (χ4n) is 4.95. The van der Waals surface area contributed by atoms with Crippen LogP contribution in [0.3, 0.4) is 0 Å². The van der Waals surface area contributed by atoms with Gasteiger partial charge in [0.2, 0.25) is 11.5 Å². The molecule has 1 fully saturated rings. The molecule has 192 valence electrons. The topological polar surface area (TPSA) is 91.9 Å². The van der Waals surface area contributed by atoms with E-state index in [1.54, 1.807) is 33.5 Å². The number of benzene rings is 2. The molecule has 0 atom stereocenters. The predicted octanol–water partition coefficient (Wildman–Crippen LogP) is 3.78. The molecular weight excluding hydrogens is 462 g/mol. The van der Waals surface area contributed by atoms with Crippen LogP contribution in [0.15, 0.2) is 36.4 Å². The van der Waals surface area contributed by atoms with Gasteiger partial charge in [-0.2, -0.15) is 0 Å². The molecular formula is C26H34N5O5+. The van der Waals surface area contributed by atoms with Crippen LogP contribution >= 0.6 is 0 Å². The number of nitro benzene ring substituents is 1. The zero-order chi connectivity index (χ0) is 26.0. The summed E-state index contributed by atoms with van der Waals surface area (Å²) in [6.45, 7) is 6.45. The van der Waals surface area contributed by atoms with Gasteiger partial charge in [-0.05, 0) is 25.1 Å². The molecule has 1 aliphatic rings. The molecule has 0 radical (unpaired) electrons. The lowest BCUT2D eigenvalue weighted by Gasteiger charge is -2.42. The van der Waals surface area contributed by atoms with Crippen LogP contribution in [0.25, 0.3) is 11.4 Å². The number of likely N-dealkylation sites (N-methyl/N-ethyl adjacent to an activating group) is 1. The van der Waals surface area contributed by atoms with Crippen LogP contribution in [0.2, 0.25) is 0 Å². The minimum absolute atomic E-state index is 0.0745. The maximum Gasteiger partial charge on any atom is 0.269 e. The second-order valence-corrected chi connectivity index (χ2v) is 9.30. The van der Waals surface area contributed by atoms with Crippen molar-refractivity contribution in [3.63, 3.8) is 0 Å². The van der Waals surface area contributed by atoms with Gasteiger partial charge in [-0.25, -0.2) is 4.98 Å². The first-order valence-corrected chi connectivity index (χ1v) is 11.9. The number of piperazine rings is 1. The molecule has 0 N–H and O–H groups in total. The molecule has 0 spiro atoms. The van der Waals surface area contributed by atoms with Crippen LogP contribution in [-0.2, 0) is 13.6 Å². The smallest absolute Gasteiger partial charge is 0.269 e. The average molecular weight is 497 g/mol. The van der Waals surface area contributed by atoms with Crippen molar-refractivity contribution in [2.45, 2.75) is 13.5 Å². The molecule has 1 saturated heterocycles. The van der Waals surface area contributed by atoms with E-state index in [9.17, 15) is 10.1 Å². The standard InChI is InChI=1S/C26H34N5O5/c1-18-21(28(2)26(27-18)19-7-9-20(10-8-19)30(32)33)17-29-13-15-31(3,16-14-29)22-11-12-23(34-4)25(36-6)24(22)35-5/h7-12H,13-17H2,1-6H3/q+1. The first kappa shape index (κ1) is 25.5. The largest absolute Gasteiger partial charge is 0.493 e. The Balaban J connectivity index is 1.51. The molecule has 2 aromatic carbocycles.